The second kappa shape index (κ2) is 7.31. The minimum Gasteiger partial charge on any atom is -0.504 e. The van der Waals surface area contributed by atoms with E-state index in [2.05, 4.69) is 32.8 Å². The van der Waals surface area contributed by atoms with Crippen LogP contribution < -0.4 is 4.74 Å². The van der Waals surface area contributed by atoms with Crippen LogP contribution in [0, 0.1) is 0 Å². The molecule has 2 aromatic carbocycles. The Bertz CT molecular complexity index is 844. The van der Waals surface area contributed by atoms with Crippen molar-refractivity contribution in [2.45, 2.75) is 13.0 Å². The Morgan fingerprint density at radius 2 is 2.00 bits per heavy atom. The molecule has 5 nitrogen and oxygen atoms in total. The number of rotatable bonds is 6. The Morgan fingerprint density at radius 1 is 1.21 bits per heavy atom. The first-order valence-electron chi connectivity index (χ1n) is 7.38. The van der Waals surface area contributed by atoms with Crippen LogP contribution in [0.4, 0.5) is 0 Å². The number of phenols is 1. The van der Waals surface area contributed by atoms with Crippen molar-refractivity contribution in [3.8, 4) is 17.2 Å². The smallest absolute Gasteiger partial charge is 0.161 e. The highest BCUT2D eigenvalue weighted by Crippen LogP contribution is 2.27. The molecule has 1 N–H and O–H groups in total. The summed E-state index contributed by atoms with van der Waals surface area (Å²) in [5.74, 6) is 0.524. The SMILES string of the molecule is C=CCc1ccc(OCc2cn(-c3ccc(Br)cc3)nn2)c(O)c1. The highest BCUT2D eigenvalue weighted by atomic mass is 79.9. The van der Waals surface area contributed by atoms with Gasteiger partial charge in [-0.15, -0.1) is 11.7 Å². The molecule has 0 bridgehead atoms. The lowest BCUT2D eigenvalue weighted by molar-refractivity contribution is 0.284. The summed E-state index contributed by atoms with van der Waals surface area (Å²) in [5, 5.41) is 18.2. The zero-order chi connectivity index (χ0) is 16.9. The van der Waals surface area contributed by atoms with Gasteiger partial charge >= 0.3 is 0 Å². The largest absolute Gasteiger partial charge is 0.504 e. The molecule has 0 spiro atoms. The zero-order valence-electron chi connectivity index (χ0n) is 12.9. The second-order valence-electron chi connectivity index (χ2n) is 5.21. The number of hydrogen-bond donors (Lipinski definition) is 1. The summed E-state index contributed by atoms with van der Waals surface area (Å²) in [7, 11) is 0. The zero-order valence-corrected chi connectivity index (χ0v) is 14.5. The average Bonchev–Trinajstić information content (AvgIpc) is 3.04. The molecule has 0 aliphatic carbocycles. The van der Waals surface area contributed by atoms with E-state index in [1.165, 1.54) is 0 Å². The highest BCUT2D eigenvalue weighted by molar-refractivity contribution is 9.10. The maximum absolute atomic E-state index is 10.0. The summed E-state index contributed by atoms with van der Waals surface area (Å²) in [6.07, 6.45) is 4.29. The molecule has 122 valence electrons. The minimum absolute atomic E-state index is 0.106. The van der Waals surface area contributed by atoms with E-state index in [1.807, 2.05) is 30.3 Å². The molecule has 3 rings (SSSR count). The lowest BCUT2D eigenvalue weighted by Gasteiger charge is -2.07. The number of halogens is 1. The molecule has 1 aromatic heterocycles. The van der Waals surface area contributed by atoms with Crippen molar-refractivity contribution in [1.29, 1.82) is 0 Å². The van der Waals surface area contributed by atoms with E-state index in [1.54, 1.807) is 29.1 Å². The molecular formula is C18H16BrN3O2. The quantitative estimate of drug-likeness (QED) is 0.650. The minimum atomic E-state index is 0.106. The van der Waals surface area contributed by atoms with E-state index in [4.69, 9.17) is 4.74 Å². The number of allylic oxidation sites excluding steroid dienone is 1. The first-order chi connectivity index (χ1) is 11.7. The summed E-state index contributed by atoms with van der Waals surface area (Å²) in [6.45, 7) is 3.91. The topological polar surface area (TPSA) is 60.2 Å². The van der Waals surface area contributed by atoms with E-state index in [0.29, 0.717) is 17.9 Å². The van der Waals surface area contributed by atoms with E-state index in [-0.39, 0.29) is 12.4 Å². The van der Waals surface area contributed by atoms with Crippen LogP contribution in [0.15, 0.2) is 65.8 Å². The van der Waals surface area contributed by atoms with Gasteiger partial charge in [0.15, 0.2) is 11.5 Å². The van der Waals surface area contributed by atoms with Crippen molar-refractivity contribution in [3.63, 3.8) is 0 Å². The number of nitrogens with zero attached hydrogens (tertiary/aromatic N) is 3. The number of benzene rings is 2. The molecule has 0 aliphatic heterocycles. The van der Waals surface area contributed by atoms with Crippen LogP contribution in [0.3, 0.4) is 0 Å². The van der Waals surface area contributed by atoms with Crippen molar-refractivity contribution in [3.05, 3.63) is 77.0 Å². The van der Waals surface area contributed by atoms with Gasteiger partial charge in [-0.05, 0) is 48.4 Å². The van der Waals surface area contributed by atoms with Gasteiger partial charge in [-0.1, -0.05) is 33.3 Å². The van der Waals surface area contributed by atoms with Gasteiger partial charge in [0.25, 0.3) is 0 Å². The van der Waals surface area contributed by atoms with Gasteiger partial charge < -0.3 is 9.84 Å². The fourth-order valence-corrected chi connectivity index (χ4v) is 2.48. The number of hydrogen-bond acceptors (Lipinski definition) is 4. The monoisotopic (exact) mass is 385 g/mol. The summed E-state index contributed by atoms with van der Waals surface area (Å²) in [4.78, 5) is 0. The summed E-state index contributed by atoms with van der Waals surface area (Å²) in [5.41, 5.74) is 2.57. The molecule has 24 heavy (non-hydrogen) atoms. The molecule has 1 heterocycles. The third-order valence-electron chi connectivity index (χ3n) is 3.41. The molecule has 0 saturated carbocycles. The van der Waals surface area contributed by atoms with E-state index in [9.17, 15) is 5.11 Å². The van der Waals surface area contributed by atoms with Gasteiger partial charge in [-0.25, -0.2) is 4.68 Å². The van der Waals surface area contributed by atoms with Crippen LogP contribution in [-0.2, 0) is 13.0 Å². The maximum Gasteiger partial charge on any atom is 0.161 e. The molecule has 0 aliphatic rings. The number of aromatic nitrogens is 3. The van der Waals surface area contributed by atoms with Crippen LogP contribution in [-0.4, -0.2) is 20.1 Å². The fraction of sp³-hybridized carbons (Fsp3) is 0.111. The van der Waals surface area contributed by atoms with Crippen molar-refractivity contribution < 1.29 is 9.84 Å². The summed E-state index contributed by atoms with van der Waals surface area (Å²) < 4.78 is 8.31. The van der Waals surface area contributed by atoms with Gasteiger partial charge in [0.2, 0.25) is 0 Å². The molecule has 6 heteroatoms. The van der Waals surface area contributed by atoms with Crippen LogP contribution in [0.2, 0.25) is 0 Å². The lowest BCUT2D eigenvalue weighted by atomic mass is 10.1. The van der Waals surface area contributed by atoms with Crippen LogP contribution >= 0.6 is 15.9 Å². The molecule has 0 radical (unpaired) electrons. The first kappa shape index (κ1) is 16.3. The van der Waals surface area contributed by atoms with Crippen LogP contribution in [0.5, 0.6) is 11.5 Å². The molecule has 0 fully saturated rings. The number of ether oxygens (including phenoxy) is 1. The van der Waals surface area contributed by atoms with E-state index in [0.717, 1.165) is 15.7 Å². The van der Waals surface area contributed by atoms with Gasteiger partial charge in [-0.3, -0.25) is 0 Å². The maximum atomic E-state index is 10.0. The van der Waals surface area contributed by atoms with Crippen molar-refractivity contribution in [1.82, 2.24) is 15.0 Å². The summed E-state index contributed by atoms with van der Waals surface area (Å²) >= 11 is 3.40. The van der Waals surface area contributed by atoms with E-state index >= 15 is 0 Å². The van der Waals surface area contributed by atoms with Gasteiger partial charge in [-0.2, -0.15) is 0 Å². The Morgan fingerprint density at radius 3 is 2.71 bits per heavy atom. The lowest BCUT2D eigenvalue weighted by Crippen LogP contribution is -1.96. The van der Waals surface area contributed by atoms with Crippen molar-refractivity contribution in [2.24, 2.45) is 0 Å². The predicted molar refractivity (Wildman–Crippen MR) is 95.4 cm³/mol. The van der Waals surface area contributed by atoms with Gasteiger partial charge in [0.1, 0.15) is 12.3 Å². The Hall–Kier alpha value is -2.60. The number of phenolic OH excluding ortho intramolecular Hbond substituents is 1. The normalized spacial score (nSPS) is 10.5. The van der Waals surface area contributed by atoms with Crippen LogP contribution in [0.1, 0.15) is 11.3 Å². The highest BCUT2D eigenvalue weighted by Gasteiger charge is 2.07. The standard InChI is InChI=1S/C18H16BrN3O2/c1-2-3-13-4-9-18(17(23)10-13)24-12-15-11-22(21-20-15)16-7-5-14(19)6-8-16/h2,4-11,23H,1,3,12H2. The van der Waals surface area contributed by atoms with E-state index < -0.39 is 0 Å². The van der Waals surface area contributed by atoms with Crippen molar-refractivity contribution in [2.75, 3.05) is 0 Å². The predicted octanol–water partition coefficient (Wildman–Crippen LogP) is 4.04. The van der Waals surface area contributed by atoms with Gasteiger partial charge in [0, 0.05) is 4.47 Å². The Balaban J connectivity index is 1.67. The Kier molecular flexibility index (Phi) is 4.96. The second-order valence-corrected chi connectivity index (χ2v) is 6.13. The molecule has 3 aromatic rings. The molecule has 0 unspecified atom stereocenters. The molecule has 0 saturated heterocycles. The summed E-state index contributed by atoms with van der Waals surface area (Å²) in [6, 6.07) is 13.1. The molecule has 0 atom stereocenters. The van der Waals surface area contributed by atoms with Crippen LogP contribution in [0.25, 0.3) is 5.69 Å². The molecule has 0 amide bonds. The number of aromatic hydroxyl groups is 1. The third-order valence-corrected chi connectivity index (χ3v) is 3.94. The van der Waals surface area contributed by atoms with Crippen molar-refractivity contribution >= 4 is 15.9 Å². The third kappa shape index (κ3) is 3.83. The Labute approximate surface area is 148 Å². The first-order valence-corrected chi connectivity index (χ1v) is 8.18. The average molecular weight is 386 g/mol. The molecular weight excluding hydrogens is 370 g/mol. The van der Waals surface area contributed by atoms with Gasteiger partial charge in [0.05, 0.1) is 11.9 Å². The fourth-order valence-electron chi connectivity index (χ4n) is 2.21.